The van der Waals surface area contributed by atoms with Crippen molar-refractivity contribution < 1.29 is 0 Å². The molecule has 0 heteroatoms. The summed E-state index contributed by atoms with van der Waals surface area (Å²) < 4.78 is 0. The Labute approximate surface area is 161 Å². The zero-order chi connectivity index (χ0) is 18.8. The van der Waals surface area contributed by atoms with Gasteiger partial charge in [0.15, 0.2) is 0 Å². The Morgan fingerprint density at radius 1 is 0.440 bits per heavy atom. The lowest BCUT2D eigenvalue weighted by Gasteiger charge is -2.42. The van der Waals surface area contributed by atoms with E-state index in [2.05, 4.69) is 34.6 Å². The van der Waals surface area contributed by atoms with Gasteiger partial charge in [-0.2, -0.15) is 0 Å². The van der Waals surface area contributed by atoms with Crippen LogP contribution in [-0.2, 0) is 0 Å². The van der Waals surface area contributed by atoms with Gasteiger partial charge in [0.2, 0.25) is 0 Å². The van der Waals surface area contributed by atoms with Crippen LogP contribution in [0.2, 0.25) is 0 Å². The van der Waals surface area contributed by atoms with Crippen LogP contribution in [0.3, 0.4) is 0 Å². The second-order valence-electron chi connectivity index (χ2n) is 8.72. The molecule has 0 aromatic carbocycles. The second kappa shape index (κ2) is 17.4. The first kappa shape index (κ1) is 25.0. The molecule has 0 saturated heterocycles. The third-order valence-electron chi connectivity index (χ3n) is 6.46. The third kappa shape index (κ3) is 11.3. The number of unbranched alkanes of at least 4 members (excludes halogenated alkanes) is 8. The Morgan fingerprint density at radius 2 is 1.00 bits per heavy atom. The Balaban J connectivity index is 4.91. The summed E-state index contributed by atoms with van der Waals surface area (Å²) in [6.45, 7) is 11.9. The van der Waals surface area contributed by atoms with Gasteiger partial charge in [0.25, 0.3) is 0 Å². The average Bonchev–Trinajstić information content (AvgIpc) is 2.62. The molecule has 25 heavy (non-hydrogen) atoms. The summed E-state index contributed by atoms with van der Waals surface area (Å²) in [6.07, 6.45) is 26.0. The number of hydrogen-bond donors (Lipinski definition) is 0. The van der Waals surface area contributed by atoms with E-state index in [9.17, 15) is 0 Å². The maximum atomic E-state index is 2.43. The van der Waals surface area contributed by atoms with E-state index in [1.54, 1.807) is 0 Å². The average molecular weight is 353 g/mol. The van der Waals surface area contributed by atoms with Gasteiger partial charge in [0.1, 0.15) is 0 Å². The summed E-state index contributed by atoms with van der Waals surface area (Å²) in [7, 11) is 0. The molecular formula is C25H52. The van der Waals surface area contributed by atoms with Gasteiger partial charge in [-0.15, -0.1) is 0 Å². The summed E-state index contributed by atoms with van der Waals surface area (Å²) in [5.74, 6) is 0.993. The fourth-order valence-electron chi connectivity index (χ4n) is 5.02. The summed E-state index contributed by atoms with van der Waals surface area (Å²) in [5, 5.41) is 0. The molecule has 0 aromatic rings. The summed E-state index contributed by atoms with van der Waals surface area (Å²) in [4.78, 5) is 0. The van der Waals surface area contributed by atoms with E-state index < -0.39 is 0 Å². The van der Waals surface area contributed by atoms with Crippen molar-refractivity contribution in [3.05, 3.63) is 0 Å². The quantitative estimate of drug-likeness (QED) is 0.203. The van der Waals surface area contributed by atoms with E-state index in [0.717, 1.165) is 5.92 Å². The molecule has 0 fully saturated rings. The molecule has 0 heterocycles. The molecule has 0 spiro atoms. The highest BCUT2D eigenvalue weighted by molar-refractivity contribution is 4.86. The first-order valence-corrected chi connectivity index (χ1v) is 12.2. The highest BCUT2D eigenvalue weighted by Crippen LogP contribution is 2.47. The normalized spacial score (nSPS) is 15.2. The Hall–Kier alpha value is 0. The van der Waals surface area contributed by atoms with Crippen molar-refractivity contribution in [3.8, 4) is 0 Å². The molecule has 0 amide bonds. The largest absolute Gasteiger partial charge is 0.0654 e. The molecule has 0 saturated carbocycles. The predicted octanol–water partition coefficient (Wildman–Crippen LogP) is 9.71. The van der Waals surface area contributed by atoms with E-state index in [-0.39, 0.29) is 0 Å². The van der Waals surface area contributed by atoms with Crippen molar-refractivity contribution in [2.75, 3.05) is 0 Å². The zero-order valence-electron chi connectivity index (χ0n) is 18.8. The van der Waals surface area contributed by atoms with Gasteiger partial charge in [-0.1, -0.05) is 125 Å². The van der Waals surface area contributed by atoms with Crippen LogP contribution < -0.4 is 0 Å². The van der Waals surface area contributed by atoms with Gasteiger partial charge >= 0.3 is 0 Å². The van der Waals surface area contributed by atoms with E-state index in [0.29, 0.717) is 5.41 Å². The molecule has 0 aliphatic heterocycles. The molecule has 0 aliphatic rings. The van der Waals surface area contributed by atoms with Crippen LogP contribution in [-0.4, -0.2) is 0 Å². The SMILES string of the molecule is CCCCCCCC(CCC)C(CCC)(CCCC)CCCCCC. The van der Waals surface area contributed by atoms with Crippen molar-refractivity contribution in [1.82, 2.24) is 0 Å². The zero-order valence-corrected chi connectivity index (χ0v) is 18.8. The van der Waals surface area contributed by atoms with Crippen LogP contribution >= 0.6 is 0 Å². The van der Waals surface area contributed by atoms with E-state index in [1.807, 2.05) is 0 Å². The van der Waals surface area contributed by atoms with Gasteiger partial charge in [-0.05, 0) is 37.0 Å². The van der Waals surface area contributed by atoms with Gasteiger partial charge in [-0.3, -0.25) is 0 Å². The molecule has 2 unspecified atom stereocenters. The maximum Gasteiger partial charge on any atom is -0.0269 e. The molecule has 0 rings (SSSR count). The summed E-state index contributed by atoms with van der Waals surface area (Å²) in [6, 6.07) is 0. The molecule has 0 aliphatic carbocycles. The molecule has 0 radical (unpaired) electrons. The summed E-state index contributed by atoms with van der Waals surface area (Å²) >= 11 is 0. The lowest BCUT2D eigenvalue weighted by molar-refractivity contribution is 0.0863. The minimum absolute atomic E-state index is 0.666. The molecule has 0 N–H and O–H groups in total. The van der Waals surface area contributed by atoms with Crippen molar-refractivity contribution in [1.29, 1.82) is 0 Å². The fraction of sp³-hybridized carbons (Fsp3) is 1.00. The van der Waals surface area contributed by atoms with Crippen LogP contribution in [0.1, 0.15) is 150 Å². The molecule has 0 bridgehead atoms. The Bertz CT molecular complexity index is 257. The van der Waals surface area contributed by atoms with E-state index in [1.165, 1.54) is 116 Å². The Morgan fingerprint density at radius 3 is 1.56 bits per heavy atom. The molecule has 0 aromatic heterocycles. The predicted molar refractivity (Wildman–Crippen MR) is 117 cm³/mol. The van der Waals surface area contributed by atoms with Crippen molar-refractivity contribution in [2.45, 2.75) is 150 Å². The van der Waals surface area contributed by atoms with Gasteiger partial charge < -0.3 is 0 Å². The van der Waals surface area contributed by atoms with Crippen molar-refractivity contribution in [2.24, 2.45) is 11.3 Å². The monoisotopic (exact) mass is 352 g/mol. The highest BCUT2D eigenvalue weighted by atomic mass is 14.4. The molecule has 0 nitrogen and oxygen atoms in total. The highest BCUT2D eigenvalue weighted by Gasteiger charge is 2.35. The van der Waals surface area contributed by atoms with Crippen LogP contribution in [0, 0.1) is 11.3 Å². The second-order valence-corrected chi connectivity index (χ2v) is 8.72. The topological polar surface area (TPSA) is 0 Å². The molecule has 152 valence electrons. The lowest BCUT2D eigenvalue weighted by atomic mass is 9.63. The van der Waals surface area contributed by atoms with Crippen LogP contribution in [0.25, 0.3) is 0 Å². The van der Waals surface area contributed by atoms with Crippen LogP contribution in [0.4, 0.5) is 0 Å². The van der Waals surface area contributed by atoms with Crippen molar-refractivity contribution in [3.63, 3.8) is 0 Å². The minimum atomic E-state index is 0.666. The van der Waals surface area contributed by atoms with Gasteiger partial charge in [-0.25, -0.2) is 0 Å². The van der Waals surface area contributed by atoms with Crippen LogP contribution in [0.15, 0.2) is 0 Å². The molecule has 2 atom stereocenters. The van der Waals surface area contributed by atoms with E-state index in [4.69, 9.17) is 0 Å². The summed E-state index contributed by atoms with van der Waals surface area (Å²) in [5.41, 5.74) is 0.666. The van der Waals surface area contributed by atoms with Gasteiger partial charge in [0.05, 0.1) is 0 Å². The molecular weight excluding hydrogens is 300 g/mol. The minimum Gasteiger partial charge on any atom is -0.0654 e. The van der Waals surface area contributed by atoms with Crippen molar-refractivity contribution >= 4 is 0 Å². The maximum absolute atomic E-state index is 2.43. The third-order valence-corrected chi connectivity index (χ3v) is 6.46. The standard InChI is InChI=1S/C25H52/c1-6-11-14-16-17-20-24(19-9-4)25(21-10-5,22-13-8-3)23-18-15-12-7-2/h24H,6-23H2,1-5H3. The van der Waals surface area contributed by atoms with E-state index >= 15 is 0 Å². The lowest BCUT2D eigenvalue weighted by Crippen LogP contribution is -2.31. The van der Waals surface area contributed by atoms with Crippen LogP contribution in [0.5, 0.6) is 0 Å². The smallest absolute Gasteiger partial charge is 0.0269 e. The van der Waals surface area contributed by atoms with Gasteiger partial charge in [0, 0.05) is 0 Å². The Kier molecular flexibility index (Phi) is 17.4. The number of rotatable bonds is 19. The first-order chi connectivity index (χ1) is 12.2. The number of hydrogen-bond acceptors (Lipinski definition) is 0. The fourth-order valence-corrected chi connectivity index (χ4v) is 5.02. The first-order valence-electron chi connectivity index (χ1n) is 12.2.